The van der Waals surface area contributed by atoms with Crippen molar-refractivity contribution < 1.29 is 4.79 Å². The van der Waals surface area contributed by atoms with Crippen LogP contribution in [0.1, 0.15) is 49.3 Å². The van der Waals surface area contributed by atoms with Gasteiger partial charge in [0.1, 0.15) is 5.69 Å². The van der Waals surface area contributed by atoms with E-state index in [2.05, 4.69) is 25.9 Å². The van der Waals surface area contributed by atoms with E-state index in [0.29, 0.717) is 18.2 Å². The lowest BCUT2D eigenvalue weighted by atomic mass is 9.90. The van der Waals surface area contributed by atoms with E-state index in [4.69, 9.17) is 5.73 Å². The summed E-state index contributed by atoms with van der Waals surface area (Å²) in [5.41, 5.74) is 7.49. The van der Waals surface area contributed by atoms with Gasteiger partial charge in [-0.3, -0.25) is 9.48 Å². The number of aromatic nitrogens is 2. The molecular weight excluding hydrogens is 276 g/mol. The number of nitrogens with zero attached hydrogens (tertiary/aromatic N) is 3. The Morgan fingerprint density at radius 3 is 2.65 bits per heavy atom. The van der Waals surface area contributed by atoms with Crippen LogP contribution in [0.4, 0.5) is 0 Å². The molecule has 2 N–H and O–H groups in total. The number of nitrogens with two attached hydrogens (primary N) is 1. The number of hydrogen-bond acceptors (Lipinski definition) is 3. The zero-order valence-corrected chi connectivity index (χ0v) is 13.5. The highest BCUT2D eigenvalue weighted by molar-refractivity contribution is 5.93. The first kappa shape index (κ1) is 17.0. The number of rotatable bonds is 3. The first-order chi connectivity index (χ1) is 8.86. The lowest BCUT2D eigenvalue weighted by molar-refractivity contribution is 0.0766. The summed E-state index contributed by atoms with van der Waals surface area (Å²) in [5, 5.41) is 4.40. The summed E-state index contributed by atoms with van der Waals surface area (Å²) in [6.07, 6.45) is 0.976. The topological polar surface area (TPSA) is 64.2 Å². The number of likely N-dealkylation sites (tertiary alicyclic amines) is 1. The second kappa shape index (κ2) is 6.14. The fraction of sp³-hybridized carbons (Fsp3) is 0.714. The van der Waals surface area contributed by atoms with Gasteiger partial charge in [0.2, 0.25) is 0 Å². The van der Waals surface area contributed by atoms with Crippen LogP contribution in [0.5, 0.6) is 0 Å². The molecule has 6 heteroatoms. The third kappa shape index (κ3) is 3.15. The molecule has 2 heterocycles. The minimum atomic E-state index is 0. The van der Waals surface area contributed by atoms with Crippen LogP contribution in [0.15, 0.2) is 6.07 Å². The standard InChI is InChI=1S/C14H24N4O.ClH/c1-10(2)11-7-12(17(4)16-11)13(19)18-6-5-14(3,8-15)9-18;/h7,10H,5-6,8-9,15H2,1-4H3;1H. The molecular formula is C14H25ClN4O. The van der Waals surface area contributed by atoms with E-state index in [1.54, 1.807) is 4.68 Å². The predicted octanol–water partition coefficient (Wildman–Crippen LogP) is 1.78. The van der Waals surface area contributed by atoms with Gasteiger partial charge in [-0.1, -0.05) is 20.8 Å². The Balaban J connectivity index is 0.00000200. The highest BCUT2D eigenvalue weighted by Gasteiger charge is 2.36. The van der Waals surface area contributed by atoms with E-state index < -0.39 is 0 Å². The second-order valence-corrected chi connectivity index (χ2v) is 6.22. The quantitative estimate of drug-likeness (QED) is 0.925. The largest absolute Gasteiger partial charge is 0.337 e. The smallest absolute Gasteiger partial charge is 0.272 e. The predicted molar refractivity (Wildman–Crippen MR) is 82.2 cm³/mol. The van der Waals surface area contributed by atoms with Gasteiger partial charge in [0, 0.05) is 20.1 Å². The minimum absolute atomic E-state index is 0. The number of amides is 1. The lowest BCUT2D eigenvalue weighted by Gasteiger charge is -2.22. The Kier molecular flexibility index (Phi) is 5.21. The van der Waals surface area contributed by atoms with Gasteiger partial charge in [-0.25, -0.2) is 0 Å². The Morgan fingerprint density at radius 1 is 1.55 bits per heavy atom. The summed E-state index contributed by atoms with van der Waals surface area (Å²) in [6.45, 7) is 8.46. The van der Waals surface area contributed by atoms with Crippen molar-refractivity contribution in [2.45, 2.75) is 33.1 Å². The highest BCUT2D eigenvalue weighted by Crippen LogP contribution is 2.29. The minimum Gasteiger partial charge on any atom is -0.337 e. The van der Waals surface area contributed by atoms with Crippen molar-refractivity contribution in [2.24, 2.45) is 18.2 Å². The molecule has 1 aromatic heterocycles. The van der Waals surface area contributed by atoms with Crippen molar-refractivity contribution in [1.29, 1.82) is 0 Å². The molecule has 1 aromatic rings. The Bertz CT molecular complexity index is 486. The van der Waals surface area contributed by atoms with E-state index in [0.717, 1.165) is 25.2 Å². The molecule has 0 bridgehead atoms. The Morgan fingerprint density at radius 2 is 2.20 bits per heavy atom. The first-order valence-electron chi connectivity index (χ1n) is 6.89. The number of carbonyl (C=O) groups excluding carboxylic acids is 1. The van der Waals surface area contributed by atoms with Crippen LogP contribution in [0.3, 0.4) is 0 Å². The molecule has 0 radical (unpaired) electrons. The number of halogens is 1. The summed E-state index contributed by atoms with van der Waals surface area (Å²) in [4.78, 5) is 14.4. The van der Waals surface area contributed by atoms with Crippen molar-refractivity contribution in [3.63, 3.8) is 0 Å². The second-order valence-electron chi connectivity index (χ2n) is 6.22. The third-order valence-electron chi connectivity index (χ3n) is 4.05. The fourth-order valence-corrected chi connectivity index (χ4v) is 2.50. The fourth-order valence-electron chi connectivity index (χ4n) is 2.50. The van der Waals surface area contributed by atoms with E-state index in [-0.39, 0.29) is 23.7 Å². The van der Waals surface area contributed by atoms with Gasteiger partial charge in [-0.2, -0.15) is 5.10 Å². The SMILES string of the molecule is CC(C)c1cc(C(=O)N2CCC(C)(CN)C2)n(C)n1.Cl. The van der Waals surface area contributed by atoms with Gasteiger partial charge in [0.25, 0.3) is 5.91 Å². The van der Waals surface area contributed by atoms with Crippen LogP contribution in [-0.4, -0.2) is 40.2 Å². The summed E-state index contributed by atoms with van der Waals surface area (Å²) < 4.78 is 1.69. The molecule has 1 aliphatic rings. The van der Waals surface area contributed by atoms with E-state index in [9.17, 15) is 4.79 Å². The monoisotopic (exact) mass is 300 g/mol. The first-order valence-corrected chi connectivity index (χ1v) is 6.89. The van der Waals surface area contributed by atoms with Crippen LogP contribution < -0.4 is 5.73 Å². The van der Waals surface area contributed by atoms with Gasteiger partial charge in [0.05, 0.1) is 5.69 Å². The molecule has 1 atom stereocenters. The summed E-state index contributed by atoms with van der Waals surface area (Å²) in [7, 11) is 1.83. The number of hydrogen-bond donors (Lipinski definition) is 1. The average Bonchev–Trinajstić information content (AvgIpc) is 2.93. The molecule has 0 saturated carbocycles. The van der Waals surface area contributed by atoms with Crippen molar-refractivity contribution in [1.82, 2.24) is 14.7 Å². The summed E-state index contributed by atoms with van der Waals surface area (Å²) >= 11 is 0. The van der Waals surface area contributed by atoms with Crippen molar-refractivity contribution in [3.8, 4) is 0 Å². The maximum absolute atomic E-state index is 12.5. The maximum Gasteiger partial charge on any atom is 0.272 e. The average molecular weight is 301 g/mol. The zero-order valence-electron chi connectivity index (χ0n) is 12.7. The van der Waals surface area contributed by atoms with E-state index >= 15 is 0 Å². The van der Waals surface area contributed by atoms with Gasteiger partial charge < -0.3 is 10.6 Å². The van der Waals surface area contributed by atoms with Crippen molar-refractivity contribution in [3.05, 3.63) is 17.5 Å². The number of aryl methyl sites for hydroxylation is 1. The molecule has 114 valence electrons. The van der Waals surface area contributed by atoms with Gasteiger partial charge >= 0.3 is 0 Å². The Labute approximate surface area is 126 Å². The van der Waals surface area contributed by atoms with Gasteiger partial charge in [-0.05, 0) is 30.4 Å². The van der Waals surface area contributed by atoms with Crippen LogP contribution in [-0.2, 0) is 7.05 Å². The molecule has 0 aromatic carbocycles. The van der Waals surface area contributed by atoms with Crippen LogP contribution in [0.2, 0.25) is 0 Å². The summed E-state index contributed by atoms with van der Waals surface area (Å²) in [5.74, 6) is 0.403. The van der Waals surface area contributed by atoms with E-state index in [1.165, 1.54) is 0 Å². The zero-order chi connectivity index (χ0) is 14.2. The maximum atomic E-state index is 12.5. The molecule has 20 heavy (non-hydrogen) atoms. The normalized spacial score (nSPS) is 22.2. The van der Waals surface area contributed by atoms with Crippen LogP contribution in [0, 0.1) is 5.41 Å². The highest BCUT2D eigenvalue weighted by atomic mass is 35.5. The van der Waals surface area contributed by atoms with Crippen LogP contribution >= 0.6 is 12.4 Å². The molecule has 2 rings (SSSR count). The molecule has 1 saturated heterocycles. The molecule has 1 aliphatic heterocycles. The van der Waals surface area contributed by atoms with Crippen molar-refractivity contribution >= 4 is 18.3 Å². The molecule has 1 amide bonds. The number of carbonyl (C=O) groups is 1. The Hall–Kier alpha value is -1.07. The molecule has 1 unspecified atom stereocenters. The molecule has 0 spiro atoms. The van der Waals surface area contributed by atoms with E-state index in [1.807, 2.05) is 18.0 Å². The lowest BCUT2D eigenvalue weighted by Crippen LogP contribution is -2.35. The molecule has 5 nitrogen and oxygen atoms in total. The van der Waals surface area contributed by atoms with Crippen molar-refractivity contribution in [2.75, 3.05) is 19.6 Å². The third-order valence-corrected chi connectivity index (χ3v) is 4.05. The molecule has 1 fully saturated rings. The molecule has 0 aliphatic carbocycles. The van der Waals surface area contributed by atoms with Gasteiger partial charge in [-0.15, -0.1) is 12.4 Å². The van der Waals surface area contributed by atoms with Gasteiger partial charge in [0.15, 0.2) is 0 Å². The summed E-state index contributed by atoms with van der Waals surface area (Å²) in [6, 6.07) is 1.91. The van der Waals surface area contributed by atoms with Crippen LogP contribution in [0.25, 0.3) is 0 Å².